The molecule has 0 saturated heterocycles. The molecule has 40 heavy (non-hydrogen) atoms. The second kappa shape index (κ2) is 10.7. The molecule has 0 bridgehead atoms. The van der Waals surface area contributed by atoms with Crippen LogP contribution in [0.2, 0.25) is 0 Å². The Kier molecular flexibility index (Phi) is 7.41. The first-order valence-corrected chi connectivity index (χ1v) is 14.3. The average molecular weight is 562 g/mol. The molecule has 10 heteroatoms. The van der Waals surface area contributed by atoms with Crippen LogP contribution in [0.5, 0.6) is 0 Å². The van der Waals surface area contributed by atoms with Crippen molar-refractivity contribution in [2.24, 2.45) is 5.41 Å². The number of aromatic nitrogens is 2. The third-order valence-corrected chi connectivity index (χ3v) is 8.60. The molecule has 0 fully saturated rings. The minimum absolute atomic E-state index is 0.0691. The number of hydrogen-bond donors (Lipinski definition) is 0. The van der Waals surface area contributed by atoms with E-state index in [4.69, 9.17) is 4.42 Å². The molecule has 4 aromatic rings. The van der Waals surface area contributed by atoms with Gasteiger partial charge in [0, 0.05) is 50.8 Å². The summed E-state index contributed by atoms with van der Waals surface area (Å²) >= 11 is 1.62. The summed E-state index contributed by atoms with van der Waals surface area (Å²) in [4.78, 5) is 50.8. The maximum Gasteiger partial charge on any atom is 0.261 e. The molecule has 0 saturated carbocycles. The summed E-state index contributed by atoms with van der Waals surface area (Å²) in [6.07, 6.45) is 1.78. The van der Waals surface area contributed by atoms with Crippen molar-refractivity contribution < 1.29 is 14.0 Å². The molecule has 1 aromatic carbocycles. The Balaban J connectivity index is 1.45. The lowest BCUT2D eigenvalue weighted by atomic mass is 9.90. The predicted molar refractivity (Wildman–Crippen MR) is 158 cm³/mol. The normalized spacial score (nSPS) is 15.3. The van der Waals surface area contributed by atoms with E-state index in [0.717, 1.165) is 16.9 Å². The molecular formula is C30H35N5O4S. The van der Waals surface area contributed by atoms with Gasteiger partial charge in [0.25, 0.3) is 5.56 Å². The van der Waals surface area contributed by atoms with Crippen LogP contribution in [0.1, 0.15) is 42.7 Å². The standard InChI is InChI=1S/C30H35N5O4S/c1-7-35-23-9-8-21(15-24(23)32(6)28(37)30(4,5)29(35)38)16-33(17-26-20(3)31-18-40-26)12-13-34-11-10-25-22(27(34)36)14-19(2)39-25/h8-11,14-15,18H,7,12-13,16-17H2,1-6H3. The predicted octanol–water partition coefficient (Wildman–Crippen LogP) is 4.73. The van der Waals surface area contributed by atoms with Crippen molar-refractivity contribution in [1.82, 2.24) is 14.5 Å². The number of benzene rings is 1. The molecule has 0 radical (unpaired) electrons. The van der Waals surface area contributed by atoms with Gasteiger partial charge in [-0.2, -0.15) is 0 Å². The third kappa shape index (κ3) is 4.97. The molecule has 210 valence electrons. The van der Waals surface area contributed by atoms with Gasteiger partial charge in [0.1, 0.15) is 16.8 Å². The molecule has 3 aromatic heterocycles. The van der Waals surface area contributed by atoms with Crippen LogP contribution in [-0.4, -0.2) is 46.4 Å². The van der Waals surface area contributed by atoms with Crippen molar-refractivity contribution in [3.05, 3.63) is 74.3 Å². The number of hydrogen-bond acceptors (Lipinski definition) is 7. The fourth-order valence-corrected chi connectivity index (χ4v) is 6.15. The molecule has 0 spiro atoms. The number of thiazole rings is 1. The smallest absolute Gasteiger partial charge is 0.261 e. The highest BCUT2D eigenvalue weighted by atomic mass is 32.1. The van der Waals surface area contributed by atoms with Crippen LogP contribution >= 0.6 is 11.3 Å². The van der Waals surface area contributed by atoms with E-state index in [1.807, 2.05) is 50.5 Å². The lowest BCUT2D eigenvalue weighted by Gasteiger charge is -2.27. The monoisotopic (exact) mass is 561 g/mol. The highest BCUT2D eigenvalue weighted by Crippen LogP contribution is 2.39. The van der Waals surface area contributed by atoms with E-state index in [1.165, 1.54) is 4.88 Å². The first-order chi connectivity index (χ1) is 19.0. The molecule has 9 nitrogen and oxygen atoms in total. The summed E-state index contributed by atoms with van der Waals surface area (Å²) < 4.78 is 7.34. The Morgan fingerprint density at radius 2 is 1.80 bits per heavy atom. The van der Waals surface area contributed by atoms with E-state index in [9.17, 15) is 14.4 Å². The van der Waals surface area contributed by atoms with Gasteiger partial charge in [-0.15, -0.1) is 11.3 Å². The zero-order valence-electron chi connectivity index (χ0n) is 23.9. The van der Waals surface area contributed by atoms with Crippen LogP contribution in [0.25, 0.3) is 11.0 Å². The van der Waals surface area contributed by atoms with E-state index in [0.29, 0.717) is 55.1 Å². The van der Waals surface area contributed by atoms with Crippen LogP contribution < -0.4 is 15.4 Å². The zero-order chi connectivity index (χ0) is 28.8. The van der Waals surface area contributed by atoms with Crippen LogP contribution in [0.3, 0.4) is 0 Å². The Hall–Kier alpha value is -3.76. The van der Waals surface area contributed by atoms with Crippen molar-refractivity contribution >= 4 is 45.5 Å². The number of amides is 2. The maximum absolute atomic E-state index is 13.3. The largest absolute Gasteiger partial charge is 0.461 e. The molecule has 1 aliphatic heterocycles. The van der Waals surface area contributed by atoms with Crippen molar-refractivity contribution in [3.8, 4) is 0 Å². The zero-order valence-corrected chi connectivity index (χ0v) is 24.7. The lowest BCUT2D eigenvalue weighted by molar-refractivity contribution is -0.137. The number of nitrogens with zero attached hydrogens (tertiary/aromatic N) is 5. The first-order valence-electron chi connectivity index (χ1n) is 13.4. The second-order valence-corrected chi connectivity index (χ2v) is 11.8. The fraction of sp³-hybridized carbons (Fsp3) is 0.400. The number of pyridine rings is 1. The Bertz CT molecular complexity index is 1650. The fourth-order valence-electron chi connectivity index (χ4n) is 5.33. The van der Waals surface area contributed by atoms with Gasteiger partial charge in [0.05, 0.1) is 28.0 Å². The van der Waals surface area contributed by atoms with E-state index in [2.05, 4.69) is 9.88 Å². The molecular weight excluding hydrogens is 526 g/mol. The van der Waals surface area contributed by atoms with Gasteiger partial charge in [-0.05, 0) is 64.4 Å². The number of carbonyl (C=O) groups is 2. The van der Waals surface area contributed by atoms with E-state index >= 15 is 0 Å². The van der Waals surface area contributed by atoms with Crippen molar-refractivity contribution in [1.29, 1.82) is 0 Å². The summed E-state index contributed by atoms with van der Waals surface area (Å²) in [5.41, 5.74) is 4.69. The lowest BCUT2D eigenvalue weighted by Crippen LogP contribution is -2.47. The summed E-state index contributed by atoms with van der Waals surface area (Å²) in [6, 6.07) is 9.58. The third-order valence-electron chi connectivity index (χ3n) is 7.68. The van der Waals surface area contributed by atoms with Crippen LogP contribution in [0.4, 0.5) is 11.4 Å². The number of furan rings is 1. The van der Waals surface area contributed by atoms with Gasteiger partial charge >= 0.3 is 0 Å². The van der Waals surface area contributed by atoms with Gasteiger partial charge in [-0.1, -0.05) is 6.07 Å². The topological polar surface area (TPSA) is 91.9 Å². The number of rotatable bonds is 8. The Labute approximate surface area is 237 Å². The quantitative estimate of drug-likeness (QED) is 0.289. The molecule has 5 rings (SSSR count). The molecule has 1 aliphatic rings. The van der Waals surface area contributed by atoms with E-state index in [1.54, 1.807) is 58.9 Å². The number of anilines is 2. The summed E-state index contributed by atoms with van der Waals surface area (Å²) in [7, 11) is 1.73. The van der Waals surface area contributed by atoms with Gasteiger partial charge in [0.2, 0.25) is 11.8 Å². The van der Waals surface area contributed by atoms with Crippen LogP contribution in [0, 0.1) is 19.3 Å². The highest BCUT2D eigenvalue weighted by molar-refractivity contribution is 7.09. The SMILES string of the molecule is CCN1C(=O)C(C)(C)C(=O)N(C)c2cc(CN(CCn3ccc4oc(C)cc4c3=O)Cc3scnc3C)ccc21. The molecule has 4 heterocycles. The molecule has 0 N–H and O–H groups in total. The van der Waals surface area contributed by atoms with Crippen LogP contribution in [0.15, 0.2) is 51.3 Å². The molecule has 0 atom stereocenters. The Morgan fingerprint density at radius 3 is 2.50 bits per heavy atom. The van der Waals surface area contributed by atoms with Crippen molar-refractivity contribution in [2.75, 3.05) is 29.9 Å². The highest BCUT2D eigenvalue weighted by Gasteiger charge is 2.45. The van der Waals surface area contributed by atoms with Gasteiger partial charge < -0.3 is 18.8 Å². The maximum atomic E-state index is 13.3. The molecule has 0 unspecified atom stereocenters. The van der Waals surface area contributed by atoms with Crippen molar-refractivity contribution in [3.63, 3.8) is 0 Å². The molecule has 2 amide bonds. The second-order valence-electron chi connectivity index (χ2n) is 10.9. The Morgan fingerprint density at radius 1 is 1.02 bits per heavy atom. The van der Waals surface area contributed by atoms with Crippen molar-refractivity contribution in [2.45, 2.75) is 54.3 Å². The van der Waals surface area contributed by atoms with E-state index < -0.39 is 5.41 Å². The number of carbonyl (C=O) groups excluding carboxylic acids is 2. The van der Waals surface area contributed by atoms with Gasteiger partial charge in [-0.25, -0.2) is 4.98 Å². The summed E-state index contributed by atoms with van der Waals surface area (Å²) in [5, 5.41) is 0.584. The minimum Gasteiger partial charge on any atom is -0.461 e. The first kappa shape index (κ1) is 27.8. The summed E-state index contributed by atoms with van der Waals surface area (Å²) in [6.45, 7) is 12.0. The summed E-state index contributed by atoms with van der Waals surface area (Å²) in [5.74, 6) is 0.287. The minimum atomic E-state index is -1.15. The number of aryl methyl sites for hydroxylation is 2. The average Bonchev–Trinajstić information content (AvgIpc) is 3.51. The molecule has 0 aliphatic carbocycles. The van der Waals surface area contributed by atoms with Crippen LogP contribution in [-0.2, 0) is 29.2 Å². The van der Waals surface area contributed by atoms with Gasteiger partial charge in [0.15, 0.2) is 0 Å². The van der Waals surface area contributed by atoms with Gasteiger partial charge in [-0.3, -0.25) is 19.3 Å². The number of fused-ring (bicyclic) bond motifs is 2. The van der Waals surface area contributed by atoms with E-state index in [-0.39, 0.29) is 17.4 Å².